The van der Waals surface area contributed by atoms with Gasteiger partial charge >= 0.3 is 5.97 Å². The summed E-state index contributed by atoms with van der Waals surface area (Å²) in [5.41, 5.74) is 1.18. The average molecular weight is 238 g/mol. The zero-order valence-electron chi connectivity index (χ0n) is 11.1. The second-order valence-electron chi connectivity index (χ2n) is 4.77. The molecule has 0 atom stereocenters. The smallest absolute Gasteiger partial charge is 0.326 e. The van der Waals surface area contributed by atoms with Gasteiger partial charge in [0.15, 0.2) is 0 Å². The molecule has 0 saturated carbocycles. The summed E-state index contributed by atoms with van der Waals surface area (Å²) < 4.78 is 6.94. The molecular formula is C13H22N2O2. The van der Waals surface area contributed by atoms with Crippen molar-refractivity contribution >= 4 is 5.97 Å². The Morgan fingerprint density at radius 2 is 2.12 bits per heavy atom. The molecule has 0 aromatic carbocycles. The summed E-state index contributed by atoms with van der Waals surface area (Å²) >= 11 is 0. The molecule has 96 valence electrons. The van der Waals surface area contributed by atoms with Crippen molar-refractivity contribution in [3.63, 3.8) is 0 Å². The summed E-state index contributed by atoms with van der Waals surface area (Å²) in [6, 6.07) is 2.47. The van der Waals surface area contributed by atoms with E-state index < -0.39 is 0 Å². The Hall–Kier alpha value is -1.29. The molecule has 1 heterocycles. The maximum Gasteiger partial charge on any atom is 0.326 e. The van der Waals surface area contributed by atoms with Crippen LogP contribution in [0.1, 0.15) is 33.3 Å². The number of rotatable bonds is 6. The van der Waals surface area contributed by atoms with E-state index in [1.807, 2.05) is 36.9 Å². The third-order valence-corrected chi connectivity index (χ3v) is 2.20. The Kier molecular flexibility index (Phi) is 5.22. The molecule has 0 bridgehead atoms. The van der Waals surface area contributed by atoms with Gasteiger partial charge in [0, 0.05) is 25.0 Å². The number of carbonyl (C=O) groups is 1. The van der Waals surface area contributed by atoms with Crippen molar-refractivity contribution in [1.29, 1.82) is 0 Å². The molecule has 0 spiro atoms. The van der Waals surface area contributed by atoms with Gasteiger partial charge in [0.2, 0.25) is 0 Å². The molecule has 0 aliphatic heterocycles. The van der Waals surface area contributed by atoms with Crippen LogP contribution in [0.4, 0.5) is 0 Å². The number of esters is 1. The molecule has 0 aliphatic rings. The topological polar surface area (TPSA) is 43.3 Å². The van der Waals surface area contributed by atoms with E-state index in [4.69, 9.17) is 4.74 Å². The molecular weight excluding hydrogens is 216 g/mol. The van der Waals surface area contributed by atoms with Crippen molar-refractivity contribution in [2.24, 2.45) is 0 Å². The lowest BCUT2D eigenvalue weighted by molar-refractivity contribution is -0.148. The minimum Gasteiger partial charge on any atom is -0.462 e. The van der Waals surface area contributed by atoms with Crippen LogP contribution in [-0.4, -0.2) is 22.7 Å². The van der Waals surface area contributed by atoms with Gasteiger partial charge in [-0.1, -0.05) is 13.8 Å². The van der Waals surface area contributed by atoms with Gasteiger partial charge in [-0.25, -0.2) is 0 Å². The molecule has 1 N–H and O–H groups in total. The molecule has 0 saturated heterocycles. The zero-order chi connectivity index (χ0) is 12.8. The van der Waals surface area contributed by atoms with Gasteiger partial charge < -0.3 is 14.6 Å². The maximum atomic E-state index is 11.4. The Labute approximate surface area is 103 Å². The number of carbonyl (C=O) groups excluding carboxylic acids is 1. The van der Waals surface area contributed by atoms with Crippen molar-refractivity contribution in [3.8, 4) is 0 Å². The van der Waals surface area contributed by atoms with Crippen LogP contribution >= 0.6 is 0 Å². The van der Waals surface area contributed by atoms with E-state index in [1.165, 1.54) is 5.56 Å². The summed E-state index contributed by atoms with van der Waals surface area (Å²) in [5.74, 6) is -0.195. The van der Waals surface area contributed by atoms with Gasteiger partial charge in [-0.15, -0.1) is 0 Å². The fraction of sp³-hybridized carbons (Fsp3) is 0.615. The summed E-state index contributed by atoms with van der Waals surface area (Å²) in [5, 5.41) is 3.33. The van der Waals surface area contributed by atoms with Crippen molar-refractivity contribution < 1.29 is 9.53 Å². The van der Waals surface area contributed by atoms with Crippen LogP contribution in [0.3, 0.4) is 0 Å². The van der Waals surface area contributed by atoms with E-state index in [0.717, 1.165) is 6.54 Å². The Morgan fingerprint density at radius 3 is 2.71 bits per heavy atom. The van der Waals surface area contributed by atoms with Crippen LogP contribution in [0.2, 0.25) is 0 Å². The van der Waals surface area contributed by atoms with Gasteiger partial charge in [0.05, 0.1) is 6.10 Å². The molecule has 0 amide bonds. The second kappa shape index (κ2) is 6.45. The van der Waals surface area contributed by atoms with Gasteiger partial charge in [-0.2, -0.15) is 0 Å². The van der Waals surface area contributed by atoms with E-state index >= 15 is 0 Å². The second-order valence-corrected chi connectivity index (χ2v) is 4.77. The molecule has 0 unspecified atom stereocenters. The largest absolute Gasteiger partial charge is 0.462 e. The quantitative estimate of drug-likeness (QED) is 0.770. The first-order chi connectivity index (χ1) is 7.97. The molecule has 0 aliphatic carbocycles. The Bertz CT molecular complexity index is 356. The van der Waals surface area contributed by atoms with Gasteiger partial charge in [0.1, 0.15) is 6.54 Å². The van der Waals surface area contributed by atoms with E-state index in [-0.39, 0.29) is 18.6 Å². The van der Waals surface area contributed by atoms with Gasteiger partial charge in [-0.05, 0) is 25.5 Å². The third kappa shape index (κ3) is 5.54. The molecule has 1 aromatic heterocycles. The van der Waals surface area contributed by atoms with Gasteiger partial charge in [-0.3, -0.25) is 4.79 Å². The maximum absolute atomic E-state index is 11.4. The fourth-order valence-electron chi connectivity index (χ4n) is 1.46. The number of hydrogen-bond acceptors (Lipinski definition) is 3. The van der Waals surface area contributed by atoms with Crippen molar-refractivity contribution in [1.82, 2.24) is 9.88 Å². The molecule has 0 radical (unpaired) electrons. The van der Waals surface area contributed by atoms with Crippen LogP contribution in [0.5, 0.6) is 0 Å². The highest BCUT2D eigenvalue weighted by atomic mass is 16.5. The number of nitrogens with zero attached hydrogens (tertiary/aromatic N) is 1. The highest BCUT2D eigenvalue weighted by molar-refractivity contribution is 5.69. The summed E-state index contributed by atoms with van der Waals surface area (Å²) in [6.07, 6.45) is 3.82. The SMILES string of the molecule is CC(C)NCc1ccn(CC(=O)OC(C)C)c1. The lowest BCUT2D eigenvalue weighted by Crippen LogP contribution is -2.21. The molecule has 0 fully saturated rings. The first kappa shape index (κ1) is 13.8. The highest BCUT2D eigenvalue weighted by Gasteiger charge is 2.06. The molecule has 1 rings (SSSR count). The molecule has 4 nitrogen and oxygen atoms in total. The highest BCUT2D eigenvalue weighted by Crippen LogP contribution is 2.02. The van der Waals surface area contributed by atoms with Crippen LogP contribution < -0.4 is 5.32 Å². The van der Waals surface area contributed by atoms with Crippen LogP contribution in [0.25, 0.3) is 0 Å². The number of ether oxygens (including phenoxy) is 1. The van der Waals surface area contributed by atoms with Crippen LogP contribution in [-0.2, 0) is 22.6 Å². The van der Waals surface area contributed by atoms with Crippen molar-refractivity contribution in [2.45, 2.75) is 52.9 Å². The minimum absolute atomic E-state index is 0.0554. The summed E-state index contributed by atoms with van der Waals surface area (Å²) in [6.45, 7) is 9.02. The van der Waals surface area contributed by atoms with Crippen LogP contribution in [0, 0.1) is 0 Å². The van der Waals surface area contributed by atoms with E-state index in [2.05, 4.69) is 19.2 Å². The normalized spacial score (nSPS) is 11.2. The summed E-state index contributed by atoms with van der Waals surface area (Å²) in [4.78, 5) is 11.4. The zero-order valence-corrected chi connectivity index (χ0v) is 11.1. The molecule has 17 heavy (non-hydrogen) atoms. The Balaban J connectivity index is 2.42. The molecule has 4 heteroatoms. The van der Waals surface area contributed by atoms with Crippen molar-refractivity contribution in [2.75, 3.05) is 0 Å². The first-order valence-electron chi connectivity index (χ1n) is 6.05. The molecule has 1 aromatic rings. The summed E-state index contributed by atoms with van der Waals surface area (Å²) in [7, 11) is 0. The number of aromatic nitrogens is 1. The van der Waals surface area contributed by atoms with Gasteiger partial charge in [0.25, 0.3) is 0 Å². The predicted molar refractivity (Wildman–Crippen MR) is 67.6 cm³/mol. The van der Waals surface area contributed by atoms with E-state index in [1.54, 1.807) is 0 Å². The van der Waals surface area contributed by atoms with E-state index in [9.17, 15) is 4.79 Å². The first-order valence-corrected chi connectivity index (χ1v) is 6.05. The lowest BCUT2D eigenvalue weighted by Gasteiger charge is -2.08. The minimum atomic E-state index is -0.195. The van der Waals surface area contributed by atoms with Crippen molar-refractivity contribution in [3.05, 3.63) is 24.0 Å². The average Bonchev–Trinajstić information content (AvgIpc) is 2.61. The predicted octanol–water partition coefficient (Wildman–Crippen LogP) is 1.94. The third-order valence-electron chi connectivity index (χ3n) is 2.20. The number of nitrogens with one attached hydrogen (secondary N) is 1. The fourth-order valence-corrected chi connectivity index (χ4v) is 1.46. The Morgan fingerprint density at radius 1 is 1.41 bits per heavy atom. The van der Waals surface area contributed by atoms with E-state index in [0.29, 0.717) is 6.04 Å². The van der Waals surface area contributed by atoms with Crippen LogP contribution in [0.15, 0.2) is 18.5 Å². The monoisotopic (exact) mass is 238 g/mol. The standard InChI is InChI=1S/C13H22N2O2/c1-10(2)14-7-12-5-6-15(8-12)9-13(16)17-11(3)4/h5-6,8,10-11,14H,7,9H2,1-4H3. The number of hydrogen-bond donors (Lipinski definition) is 1. The lowest BCUT2D eigenvalue weighted by atomic mass is 10.3.